The van der Waals surface area contributed by atoms with Gasteiger partial charge in [0.1, 0.15) is 5.82 Å². The third-order valence-electron chi connectivity index (χ3n) is 4.50. The summed E-state index contributed by atoms with van der Waals surface area (Å²) in [7, 11) is 0. The number of nitrogen functional groups attached to an aromatic ring is 1. The zero-order chi connectivity index (χ0) is 10.4. The van der Waals surface area contributed by atoms with Gasteiger partial charge < -0.3 is 5.73 Å². The standard InChI is InChI=1S/C12H19N3/c1-7-11(14-15-12(7)13)6-10-5-8-2-3-9(10)4-8/h8-10H,2-6H2,1H3,(H3,13,14,15). The fourth-order valence-electron chi connectivity index (χ4n) is 3.54. The van der Waals surface area contributed by atoms with Crippen LogP contribution >= 0.6 is 0 Å². The van der Waals surface area contributed by atoms with E-state index in [1.54, 1.807) is 0 Å². The number of aromatic nitrogens is 2. The minimum absolute atomic E-state index is 0.674. The first-order valence-corrected chi connectivity index (χ1v) is 6.03. The average molecular weight is 205 g/mol. The van der Waals surface area contributed by atoms with Crippen molar-refractivity contribution in [3.05, 3.63) is 11.3 Å². The van der Waals surface area contributed by atoms with Gasteiger partial charge >= 0.3 is 0 Å². The van der Waals surface area contributed by atoms with Crippen LogP contribution in [-0.2, 0) is 6.42 Å². The number of rotatable bonds is 2. The van der Waals surface area contributed by atoms with Crippen molar-refractivity contribution in [2.24, 2.45) is 17.8 Å². The van der Waals surface area contributed by atoms with E-state index in [9.17, 15) is 0 Å². The van der Waals surface area contributed by atoms with Crippen LogP contribution < -0.4 is 5.73 Å². The fraction of sp³-hybridized carbons (Fsp3) is 0.750. The Bertz CT molecular complexity index is 369. The van der Waals surface area contributed by atoms with Crippen molar-refractivity contribution in [3.8, 4) is 0 Å². The Morgan fingerprint density at radius 3 is 2.80 bits per heavy atom. The highest BCUT2D eigenvalue weighted by Crippen LogP contribution is 2.49. The van der Waals surface area contributed by atoms with E-state index < -0.39 is 0 Å². The van der Waals surface area contributed by atoms with Crippen LogP contribution in [0.3, 0.4) is 0 Å². The molecule has 2 aliphatic carbocycles. The topological polar surface area (TPSA) is 54.7 Å². The Hall–Kier alpha value is -0.990. The minimum Gasteiger partial charge on any atom is -0.382 e. The minimum atomic E-state index is 0.674. The molecule has 15 heavy (non-hydrogen) atoms. The molecule has 82 valence electrons. The fourth-order valence-corrected chi connectivity index (χ4v) is 3.54. The predicted octanol–water partition coefficient (Wildman–Crippen LogP) is 2.28. The third kappa shape index (κ3) is 1.45. The molecule has 3 unspecified atom stereocenters. The maximum Gasteiger partial charge on any atom is 0.148 e. The largest absolute Gasteiger partial charge is 0.382 e. The van der Waals surface area contributed by atoms with Crippen molar-refractivity contribution in [2.45, 2.75) is 39.0 Å². The third-order valence-corrected chi connectivity index (χ3v) is 4.50. The van der Waals surface area contributed by atoms with Crippen LogP contribution in [0.2, 0.25) is 0 Å². The number of nitrogens with zero attached hydrogens (tertiary/aromatic N) is 1. The van der Waals surface area contributed by atoms with Crippen molar-refractivity contribution < 1.29 is 0 Å². The molecule has 0 saturated heterocycles. The number of fused-ring (bicyclic) bond motifs is 2. The quantitative estimate of drug-likeness (QED) is 0.778. The van der Waals surface area contributed by atoms with E-state index in [0.29, 0.717) is 5.82 Å². The van der Waals surface area contributed by atoms with E-state index in [1.807, 2.05) is 0 Å². The molecule has 0 amide bonds. The first kappa shape index (κ1) is 9.25. The molecular weight excluding hydrogens is 186 g/mol. The average Bonchev–Trinajstić information content (AvgIpc) is 2.89. The Morgan fingerprint density at radius 2 is 2.27 bits per heavy atom. The molecule has 3 atom stereocenters. The summed E-state index contributed by atoms with van der Waals surface area (Å²) in [6.07, 6.45) is 7.01. The molecule has 1 aromatic rings. The predicted molar refractivity (Wildman–Crippen MR) is 60.4 cm³/mol. The van der Waals surface area contributed by atoms with Crippen molar-refractivity contribution in [1.82, 2.24) is 10.2 Å². The molecular formula is C12H19N3. The summed E-state index contributed by atoms with van der Waals surface area (Å²) in [4.78, 5) is 0. The Balaban J connectivity index is 1.73. The Labute approximate surface area is 90.4 Å². The number of H-pyrrole nitrogens is 1. The molecule has 0 aromatic carbocycles. The lowest BCUT2D eigenvalue weighted by atomic mass is 9.85. The summed E-state index contributed by atoms with van der Waals surface area (Å²) in [6.45, 7) is 2.07. The lowest BCUT2D eigenvalue weighted by molar-refractivity contribution is 0.329. The Kier molecular flexibility index (Phi) is 2.01. The first-order chi connectivity index (χ1) is 7.24. The second kappa shape index (κ2) is 3.26. The number of hydrogen-bond acceptors (Lipinski definition) is 2. The van der Waals surface area contributed by atoms with E-state index in [-0.39, 0.29) is 0 Å². The summed E-state index contributed by atoms with van der Waals surface area (Å²) >= 11 is 0. The highest BCUT2D eigenvalue weighted by Gasteiger charge is 2.39. The smallest absolute Gasteiger partial charge is 0.148 e. The zero-order valence-corrected chi connectivity index (χ0v) is 9.29. The van der Waals surface area contributed by atoms with Crippen LogP contribution in [0, 0.1) is 24.7 Å². The van der Waals surface area contributed by atoms with Crippen LogP contribution in [0.1, 0.15) is 36.9 Å². The summed E-state index contributed by atoms with van der Waals surface area (Å²) in [5, 5.41) is 7.16. The maximum atomic E-state index is 5.75. The molecule has 2 fully saturated rings. The van der Waals surface area contributed by atoms with Gasteiger partial charge in [-0.2, -0.15) is 5.10 Å². The van der Waals surface area contributed by atoms with Gasteiger partial charge in [-0.25, -0.2) is 0 Å². The molecule has 1 aromatic heterocycles. The molecule has 2 aliphatic rings. The van der Waals surface area contributed by atoms with Gasteiger partial charge in [-0.15, -0.1) is 0 Å². The molecule has 3 nitrogen and oxygen atoms in total. The van der Waals surface area contributed by atoms with E-state index in [2.05, 4.69) is 17.1 Å². The van der Waals surface area contributed by atoms with E-state index in [4.69, 9.17) is 5.73 Å². The molecule has 2 bridgehead atoms. The van der Waals surface area contributed by atoms with Gasteiger partial charge in [-0.3, -0.25) is 5.10 Å². The number of hydrogen-bond donors (Lipinski definition) is 2. The molecule has 0 spiro atoms. The number of anilines is 1. The van der Waals surface area contributed by atoms with Crippen molar-refractivity contribution in [2.75, 3.05) is 5.73 Å². The van der Waals surface area contributed by atoms with Gasteiger partial charge in [0.2, 0.25) is 0 Å². The molecule has 2 saturated carbocycles. The first-order valence-electron chi connectivity index (χ1n) is 6.03. The number of nitrogens with one attached hydrogen (secondary N) is 1. The second-order valence-electron chi connectivity index (χ2n) is 5.35. The highest BCUT2D eigenvalue weighted by molar-refractivity contribution is 5.40. The monoisotopic (exact) mass is 205 g/mol. The van der Waals surface area contributed by atoms with Gasteiger partial charge in [0.05, 0.1) is 0 Å². The van der Waals surface area contributed by atoms with Crippen LogP contribution in [0.15, 0.2) is 0 Å². The summed E-state index contributed by atoms with van der Waals surface area (Å²) < 4.78 is 0. The van der Waals surface area contributed by atoms with Gasteiger partial charge in [0, 0.05) is 11.3 Å². The van der Waals surface area contributed by atoms with E-state index in [0.717, 1.165) is 29.7 Å². The van der Waals surface area contributed by atoms with Gasteiger partial charge in [0.25, 0.3) is 0 Å². The van der Waals surface area contributed by atoms with Crippen LogP contribution in [0.4, 0.5) is 5.82 Å². The normalized spacial score (nSPS) is 33.8. The van der Waals surface area contributed by atoms with Gasteiger partial charge in [-0.05, 0) is 50.4 Å². The SMILES string of the molecule is Cc1c(N)n[nH]c1CC1CC2CCC1C2. The van der Waals surface area contributed by atoms with Crippen LogP contribution in [0.5, 0.6) is 0 Å². The van der Waals surface area contributed by atoms with Crippen molar-refractivity contribution in [1.29, 1.82) is 0 Å². The van der Waals surface area contributed by atoms with Crippen molar-refractivity contribution in [3.63, 3.8) is 0 Å². The van der Waals surface area contributed by atoms with Crippen LogP contribution in [0.25, 0.3) is 0 Å². The number of aromatic amines is 1. The van der Waals surface area contributed by atoms with Crippen molar-refractivity contribution >= 4 is 5.82 Å². The maximum absolute atomic E-state index is 5.75. The number of nitrogens with two attached hydrogens (primary N) is 1. The Morgan fingerprint density at radius 1 is 1.40 bits per heavy atom. The molecule has 3 N–H and O–H groups in total. The highest BCUT2D eigenvalue weighted by atomic mass is 15.2. The summed E-state index contributed by atoms with van der Waals surface area (Å²) in [5.74, 6) is 3.58. The van der Waals surface area contributed by atoms with E-state index >= 15 is 0 Å². The van der Waals surface area contributed by atoms with Crippen LogP contribution in [-0.4, -0.2) is 10.2 Å². The summed E-state index contributed by atoms with van der Waals surface area (Å²) in [5.41, 5.74) is 8.18. The molecule has 1 heterocycles. The molecule has 3 rings (SSSR count). The lowest BCUT2D eigenvalue weighted by Crippen LogP contribution is -2.13. The second-order valence-corrected chi connectivity index (χ2v) is 5.35. The molecule has 0 aliphatic heterocycles. The lowest BCUT2D eigenvalue weighted by Gasteiger charge is -2.20. The molecule has 0 radical (unpaired) electrons. The van der Waals surface area contributed by atoms with Gasteiger partial charge in [-0.1, -0.05) is 6.42 Å². The zero-order valence-electron chi connectivity index (χ0n) is 9.29. The van der Waals surface area contributed by atoms with E-state index in [1.165, 1.54) is 31.4 Å². The summed E-state index contributed by atoms with van der Waals surface area (Å²) in [6, 6.07) is 0. The molecule has 3 heteroatoms. The van der Waals surface area contributed by atoms with Gasteiger partial charge in [0.15, 0.2) is 0 Å².